The minimum atomic E-state index is 0.184. The fraction of sp³-hybridized carbons (Fsp3) is 0.538. The highest BCUT2D eigenvalue weighted by Crippen LogP contribution is 2.23. The Morgan fingerprint density at radius 1 is 1.07 bits per heavy atom. The van der Waals surface area contributed by atoms with Crippen LogP contribution in [-0.4, -0.2) is 11.1 Å². The van der Waals surface area contributed by atoms with Gasteiger partial charge in [0.25, 0.3) is 0 Å². The molecule has 0 amide bonds. The smallest absolute Gasteiger partial charge is 0.120 e. The molecule has 0 fully saturated rings. The van der Waals surface area contributed by atoms with Crippen LogP contribution in [0.4, 0.5) is 0 Å². The van der Waals surface area contributed by atoms with Gasteiger partial charge in [-0.2, -0.15) is 0 Å². The lowest BCUT2D eigenvalue weighted by atomic mass is 10.0. The number of hydrogen-bond acceptors (Lipinski definition) is 2. The van der Waals surface area contributed by atoms with E-state index < -0.39 is 0 Å². The van der Waals surface area contributed by atoms with Crippen LogP contribution >= 0.6 is 0 Å². The fourth-order valence-electron chi connectivity index (χ4n) is 1.53. The Kier molecular flexibility index (Phi) is 4.15. The largest absolute Gasteiger partial charge is 0.508 e. The maximum atomic E-state index is 9.69. The Labute approximate surface area is 92.3 Å². The number of hydrogen-bond donors (Lipinski definition) is 2. The van der Waals surface area contributed by atoms with E-state index in [1.165, 1.54) is 0 Å². The zero-order valence-electron chi connectivity index (χ0n) is 9.99. The standard InChI is InChI=1S/C13H21NO/c1-9(2)10(3)14-11(4)12-7-5-6-8-13(12)15/h5-11,14-15H,1-4H3/t10-,11+/m1/s1. The molecule has 2 N–H and O–H groups in total. The molecule has 0 saturated carbocycles. The van der Waals surface area contributed by atoms with Gasteiger partial charge in [-0.05, 0) is 25.8 Å². The third kappa shape index (κ3) is 3.24. The molecular formula is C13H21NO. The van der Waals surface area contributed by atoms with Gasteiger partial charge in [0.1, 0.15) is 5.75 Å². The molecule has 0 radical (unpaired) electrons. The number of nitrogens with one attached hydrogen (secondary N) is 1. The van der Waals surface area contributed by atoms with Crippen molar-refractivity contribution in [2.24, 2.45) is 5.92 Å². The second-order valence-corrected chi connectivity index (χ2v) is 4.48. The topological polar surface area (TPSA) is 32.3 Å². The predicted molar refractivity (Wildman–Crippen MR) is 64.0 cm³/mol. The Bertz CT molecular complexity index is 309. The SMILES string of the molecule is CC(C)[C@@H](C)N[C@@H](C)c1ccccc1O. The molecular weight excluding hydrogens is 186 g/mol. The Hall–Kier alpha value is -1.02. The molecule has 2 nitrogen and oxygen atoms in total. The van der Waals surface area contributed by atoms with Crippen LogP contribution in [0.5, 0.6) is 5.75 Å². The molecule has 0 aliphatic rings. The fourth-order valence-corrected chi connectivity index (χ4v) is 1.53. The average Bonchev–Trinajstić information content (AvgIpc) is 2.18. The second-order valence-electron chi connectivity index (χ2n) is 4.48. The lowest BCUT2D eigenvalue weighted by Crippen LogP contribution is -2.32. The van der Waals surface area contributed by atoms with Gasteiger partial charge in [-0.15, -0.1) is 0 Å². The first kappa shape index (κ1) is 12.1. The summed E-state index contributed by atoms with van der Waals surface area (Å²) in [5.41, 5.74) is 0.963. The molecule has 0 saturated heterocycles. The summed E-state index contributed by atoms with van der Waals surface area (Å²) in [5.74, 6) is 0.965. The summed E-state index contributed by atoms with van der Waals surface area (Å²) in [5, 5.41) is 13.2. The van der Waals surface area contributed by atoms with Gasteiger partial charge in [0.15, 0.2) is 0 Å². The number of benzene rings is 1. The maximum absolute atomic E-state index is 9.69. The highest BCUT2D eigenvalue weighted by Gasteiger charge is 2.14. The van der Waals surface area contributed by atoms with Crippen LogP contribution in [-0.2, 0) is 0 Å². The minimum Gasteiger partial charge on any atom is -0.508 e. The number of phenols is 1. The minimum absolute atomic E-state index is 0.184. The van der Waals surface area contributed by atoms with Crippen molar-refractivity contribution < 1.29 is 5.11 Å². The summed E-state index contributed by atoms with van der Waals surface area (Å²) in [6, 6.07) is 8.11. The van der Waals surface area contributed by atoms with E-state index in [0.29, 0.717) is 17.7 Å². The zero-order chi connectivity index (χ0) is 11.4. The van der Waals surface area contributed by atoms with Crippen molar-refractivity contribution in [3.05, 3.63) is 29.8 Å². The maximum Gasteiger partial charge on any atom is 0.120 e. The third-order valence-electron chi connectivity index (χ3n) is 2.92. The van der Waals surface area contributed by atoms with Crippen LogP contribution in [0, 0.1) is 5.92 Å². The van der Waals surface area contributed by atoms with Crippen LogP contribution < -0.4 is 5.32 Å². The molecule has 1 aromatic rings. The predicted octanol–water partition coefficient (Wildman–Crippen LogP) is 3.09. The van der Waals surface area contributed by atoms with Gasteiger partial charge in [-0.1, -0.05) is 32.0 Å². The summed E-state index contributed by atoms with van der Waals surface area (Å²) >= 11 is 0. The second kappa shape index (κ2) is 5.17. The van der Waals surface area contributed by atoms with Gasteiger partial charge in [0.05, 0.1) is 0 Å². The highest BCUT2D eigenvalue weighted by molar-refractivity contribution is 5.34. The summed E-state index contributed by atoms with van der Waals surface area (Å²) < 4.78 is 0. The van der Waals surface area contributed by atoms with Crippen LogP contribution in [0.25, 0.3) is 0 Å². The normalized spacial score (nSPS) is 15.3. The number of phenolic OH excluding ortho intramolecular Hbond substituents is 1. The molecule has 0 bridgehead atoms. The van der Waals surface area contributed by atoms with Crippen LogP contribution in [0.3, 0.4) is 0 Å². The van der Waals surface area contributed by atoms with E-state index in [4.69, 9.17) is 0 Å². The van der Waals surface area contributed by atoms with Crippen LogP contribution in [0.1, 0.15) is 39.3 Å². The molecule has 0 heterocycles. The van der Waals surface area contributed by atoms with E-state index in [0.717, 1.165) is 5.56 Å². The Morgan fingerprint density at radius 2 is 1.67 bits per heavy atom. The molecule has 1 aromatic carbocycles. The van der Waals surface area contributed by atoms with E-state index in [2.05, 4.69) is 33.0 Å². The van der Waals surface area contributed by atoms with Crippen LogP contribution in [0.15, 0.2) is 24.3 Å². The summed E-state index contributed by atoms with van der Waals surface area (Å²) in [7, 11) is 0. The molecule has 1 rings (SSSR count). The van der Waals surface area contributed by atoms with Gasteiger partial charge in [-0.25, -0.2) is 0 Å². The highest BCUT2D eigenvalue weighted by atomic mass is 16.3. The summed E-state index contributed by atoms with van der Waals surface area (Å²) in [4.78, 5) is 0. The molecule has 0 spiro atoms. The van der Waals surface area contributed by atoms with Crippen molar-refractivity contribution in [2.45, 2.75) is 39.8 Å². The molecule has 15 heavy (non-hydrogen) atoms. The quantitative estimate of drug-likeness (QED) is 0.795. The monoisotopic (exact) mass is 207 g/mol. The Balaban J connectivity index is 2.69. The number of aromatic hydroxyl groups is 1. The van der Waals surface area contributed by atoms with Gasteiger partial charge < -0.3 is 10.4 Å². The van der Waals surface area contributed by atoms with E-state index in [1.54, 1.807) is 6.07 Å². The lowest BCUT2D eigenvalue weighted by molar-refractivity contribution is 0.379. The van der Waals surface area contributed by atoms with E-state index in [-0.39, 0.29) is 6.04 Å². The van der Waals surface area contributed by atoms with Crippen molar-refractivity contribution in [1.29, 1.82) is 0 Å². The molecule has 0 aliphatic heterocycles. The van der Waals surface area contributed by atoms with E-state index in [1.807, 2.05) is 18.2 Å². The molecule has 2 heteroatoms. The molecule has 0 aromatic heterocycles. The van der Waals surface area contributed by atoms with E-state index in [9.17, 15) is 5.11 Å². The first-order chi connectivity index (χ1) is 7.02. The number of rotatable bonds is 4. The van der Waals surface area contributed by atoms with Crippen molar-refractivity contribution in [3.8, 4) is 5.75 Å². The average molecular weight is 207 g/mol. The van der Waals surface area contributed by atoms with Gasteiger partial charge in [0, 0.05) is 17.6 Å². The van der Waals surface area contributed by atoms with Crippen molar-refractivity contribution >= 4 is 0 Å². The first-order valence-electron chi connectivity index (χ1n) is 5.56. The molecule has 2 atom stereocenters. The number of para-hydroxylation sites is 1. The van der Waals surface area contributed by atoms with Gasteiger partial charge >= 0.3 is 0 Å². The zero-order valence-corrected chi connectivity index (χ0v) is 9.99. The molecule has 0 aliphatic carbocycles. The molecule has 84 valence electrons. The van der Waals surface area contributed by atoms with Gasteiger partial charge in [-0.3, -0.25) is 0 Å². The van der Waals surface area contributed by atoms with Crippen molar-refractivity contribution in [1.82, 2.24) is 5.32 Å². The first-order valence-corrected chi connectivity index (χ1v) is 5.56. The van der Waals surface area contributed by atoms with E-state index >= 15 is 0 Å². The van der Waals surface area contributed by atoms with Crippen LogP contribution in [0.2, 0.25) is 0 Å². The van der Waals surface area contributed by atoms with Crippen molar-refractivity contribution in [2.75, 3.05) is 0 Å². The Morgan fingerprint density at radius 3 is 2.20 bits per heavy atom. The van der Waals surface area contributed by atoms with Crippen molar-refractivity contribution in [3.63, 3.8) is 0 Å². The molecule has 0 unspecified atom stereocenters. The lowest BCUT2D eigenvalue weighted by Gasteiger charge is -2.23. The third-order valence-corrected chi connectivity index (χ3v) is 2.92. The summed E-state index contributed by atoms with van der Waals surface area (Å²) in [6.45, 7) is 8.62. The van der Waals surface area contributed by atoms with Gasteiger partial charge in [0.2, 0.25) is 0 Å². The summed E-state index contributed by atoms with van der Waals surface area (Å²) in [6.07, 6.45) is 0.